The summed E-state index contributed by atoms with van der Waals surface area (Å²) in [4.78, 5) is 24.2. The second-order valence-electron chi connectivity index (χ2n) is 5.91. The molecule has 1 aromatic heterocycles. The van der Waals surface area contributed by atoms with E-state index >= 15 is 0 Å². The number of benzene rings is 1. The van der Waals surface area contributed by atoms with Gasteiger partial charge in [-0.25, -0.2) is 9.59 Å². The Bertz CT molecular complexity index is 901. The van der Waals surface area contributed by atoms with Gasteiger partial charge in [-0.2, -0.15) is 0 Å². The Morgan fingerprint density at radius 1 is 1.27 bits per heavy atom. The van der Waals surface area contributed by atoms with Crippen LogP contribution in [0.2, 0.25) is 5.02 Å². The van der Waals surface area contributed by atoms with Crippen molar-refractivity contribution in [3.63, 3.8) is 0 Å². The molecule has 0 bridgehead atoms. The first-order valence-corrected chi connectivity index (χ1v) is 8.60. The Hall–Kier alpha value is -2.73. The predicted octanol–water partition coefficient (Wildman–Crippen LogP) is 4.10. The topological polar surface area (TPSA) is 80.6 Å². The van der Waals surface area contributed by atoms with Crippen molar-refractivity contribution in [2.24, 2.45) is 0 Å². The molecule has 0 aliphatic carbocycles. The number of urea groups is 1. The minimum Gasteiger partial charge on any atom is -0.463 e. The van der Waals surface area contributed by atoms with E-state index in [1.165, 1.54) is 0 Å². The molecule has 7 heteroatoms. The molecule has 0 spiro atoms. The summed E-state index contributed by atoms with van der Waals surface area (Å²) in [6, 6.07) is 7.94. The van der Waals surface area contributed by atoms with Gasteiger partial charge in [0.2, 0.25) is 0 Å². The number of nitrogens with one attached hydrogen (secondary N) is 2. The number of hydrogen-bond acceptors (Lipinski definition) is 4. The summed E-state index contributed by atoms with van der Waals surface area (Å²) in [6.07, 6.45) is 0. The molecule has 0 radical (unpaired) electrons. The molecule has 2 N–H and O–H groups in total. The molecule has 1 aliphatic rings. The fraction of sp³-hybridized carbons (Fsp3) is 0.263. The van der Waals surface area contributed by atoms with Crippen LogP contribution in [0.15, 0.2) is 46.0 Å². The van der Waals surface area contributed by atoms with Crippen molar-refractivity contribution in [3.05, 3.63) is 57.9 Å². The molecule has 2 heterocycles. The summed E-state index contributed by atoms with van der Waals surface area (Å²) in [5, 5.41) is 5.95. The summed E-state index contributed by atoms with van der Waals surface area (Å²) >= 11 is 6.18. The number of hydrogen-bond donors (Lipinski definition) is 2. The number of ether oxygens (including phenoxy) is 1. The number of halogens is 1. The zero-order valence-electron chi connectivity index (χ0n) is 14.7. The van der Waals surface area contributed by atoms with E-state index in [-0.39, 0.29) is 6.61 Å². The number of furan rings is 1. The first-order valence-electron chi connectivity index (χ1n) is 8.23. The quantitative estimate of drug-likeness (QED) is 0.789. The second kappa shape index (κ2) is 7.25. The van der Waals surface area contributed by atoms with Crippen LogP contribution in [0.3, 0.4) is 0 Å². The Morgan fingerprint density at radius 2 is 2.04 bits per heavy atom. The van der Waals surface area contributed by atoms with E-state index in [4.69, 9.17) is 20.8 Å². The Labute approximate surface area is 156 Å². The average molecular weight is 375 g/mol. The van der Waals surface area contributed by atoms with Gasteiger partial charge in [-0.15, -0.1) is 0 Å². The van der Waals surface area contributed by atoms with Crippen LogP contribution in [-0.2, 0) is 9.53 Å². The molecular weight excluding hydrogens is 356 g/mol. The highest BCUT2D eigenvalue weighted by Gasteiger charge is 2.34. The highest BCUT2D eigenvalue weighted by Crippen LogP contribution is 2.34. The highest BCUT2D eigenvalue weighted by atomic mass is 35.5. The van der Waals surface area contributed by atoms with E-state index in [1.807, 2.05) is 25.1 Å². The second-order valence-corrected chi connectivity index (χ2v) is 6.31. The van der Waals surface area contributed by atoms with E-state index < -0.39 is 18.0 Å². The molecule has 0 fully saturated rings. The van der Waals surface area contributed by atoms with Gasteiger partial charge in [0.25, 0.3) is 0 Å². The zero-order chi connectivity index (χ0) is 18.8. The van der Waals surface area contributed by atoms with Crippen molar-refractivity contribution in [1.29, 1.82) is 0 Å². The van der Waals surface area contributed by atoms with Crippen LogP contribution in [-0.4, -0.2) is 18.6 Å². The molecule has 0 saturated carbocycles. The molecule has 3 rings (SSSR count). The molecular formula is C19H19ClN2O4. The van der Waals surface area contributed by atoms with Gasteiger partial charge >= 0.3 is 12.0 Å². The lowest BCUT2D eigenvalue weighted by Crippen LogP contribution is -2.45. The van der Waals surface area contributed by atoms with Gasteiger partial charge in [-0.3, -0.25) is 0 Å². The van der Waals surface area contributed by atoms with Crippen molar-refractivity contribution in [2.75, 3.05) is 6.61 Å². The molecule has 2 amide bonds. The van der Waals surface area contributed by atoms with Crippen molar-refractivity contribution in [2.45, 2.75) is 26.8 Å². The van der Waals surface area contributed by atoms with E-state index in [2.05, 4.69) is 10.6 Å². The first-order chi connectivity index (χ1) is 12.4. The third-order valence-corrected chi connectivity index (χ3v) is 4.62. The molecule has 1 atom stereocenters. The maximum Gasteiger partial charge on any atom is 0.338 e. The molecule has 6 nitrogen and oxygen atoms in total. The Kier molecular flexibility index (Phi) is 5.04. The monoisotopic (exact) mass is 374 g/mol. The predicted molar refractivity (Wildman–Crippen MR) is 97.6 cm³/mol. The normalized spacial score (nSPS) is 16.9. The summed E-state index contributed by atoms with van der Waals surface area (Å²) in [5.74, 6) is 0.546. The molecule has 2 aromatic rings. The van der Waals surface area contributed by atoms with Crippen LogP contribution in [0, 0.1) is 6.92 Å². The Morgan fingerprint density at radius 3 is 2.77 bits per heavy atom. The lowest BCUT2D eigenvalue weighted by molar-refractivity contribution is -0.139. The number of carbonyl (C=O) groups is 2. The Balaban J connectivity index is 2.01. The van der Waals surface area contributed by atoms with Gasteiger partial charge in [0.1, 0.15) is 17.6 Å². The fourth-order valence-corrected chi connectivity index (χ4v) is 3.09. The maximum atomic E-state index is 12.3. The van der Waals surface area contributed by atoms with Gasteiger partial charge in [-0.05, 0) is 44.5 Å². The van der Waals surface area contributed by atoms with Gasteiger partial charge < -0.3 is 19.8 Å². The van der Waals surface area contributed by atoms with Crippen molar-refractivity contribution in [1.82, 2.24) is 10.6 Å². The largest absolute Gasteiger partial charge is 0.463 e. The molecule has 136 valence electrons. The number of esters is 1. The zero-order valence-corrected chi connectivity index (χ0v) is 15.4. The molecule has 26 heavy (non-hydrogen) atoms. The van der Waals surface area contributed by atoms with Gasteiger partial charge in [0, 0.05) is 16.3 Å². The van der Waals surface area contributed by atoms with Crippen LogP contribution in [0.5, 0.6) is 0 Å². The number of rotatable bonds is 4. The van der Waals surface area contributed by atoms with Crippen LogP contribution in [0.4, 0.5) is 4.79 Å². The van der Waals surface area contributed by atoms with Crippen LogP contribution in [0.25, 0.3) is 11.3 Å². The number of allylic oxidation sites excluding steroid dienone is 1. The summed E-state index contributed by atoms with van der Waals surface area (Å²) < 4.78 is 11.1. The fourth-order valence-electron chi connectivity index (χ4n) is 2.91. The minimum atomic E-state index is -0.726. The van der Waals surface area contributed by atoms with Crippen LogP contribution < -0.4 is 10.6 Å². The number of amides is 2. The summed E-state index contributed by atoms with van der Waals surface area (Å²) in [6.45, 7) is 5.52. The smallest absolute Gasteiger partial charge is 0.338 e. The standard InChI is InChI=1S/C19H19ClN2O4/c1-4-25-18(23)16-11(3)21-19(24)22-17(16)15-9-8-14(26-15)12-6-5-7-13(20)10(12)2/h5-9,17H,4H2,1-3H3,(H2,21,22,24)/t17-/m0/s1. The molecule has 0 unspecified atom stereocenters. The van der Waals surface area contributed by atoms with Crippen LogP contribution in [0.1, 0.15) is 31.2 Å². The van der Waals surface area contributed by atoms with E-state index in [0.717, 1.165) is 11.1 Å². The number of carbonyl (C=O) groups excluding carboxylic acids is 2. The van der Waals surface area contributed by atoms with E-state index in [0.29, 0.717) is 27.8 Å². The van der Waals surface area contributed by atoms with E-state index in [9.17, 15) is 9.59 Å². The molecule has 1 aliphatic heterocycles. The van der Waals surface area contributed by atoms with Gasteiger partial charge in [-0.1, -0.05) is 23.7 Å². The van der Waals surface area contributed by atoms with Gasteiger partial charge in [0.15, 0.2) is 0 Å². The van der Waals surface area contributed by atoms with Crippen molar-refractivity contribution < 1.29 is 18.7 Å². The summed E-state index contributed by atoms with van der Waals surface area (Å²) in [5.41, 5.74) is 2.49. The average Bonchev–Trinajstić information content (AvgIpc) is 3.06. The molecule has 0 saturated heterocycles. The third kappa shape index (κ3) is 3.32. The van der Waals surface area contributed by atoms with E-state index in [1.54, 1.807) is 26.0 Å². The lowest BCUT2D eigenvalue weighted by Gasteiger charge is -2.26. The third-order valence-electron chi connectivity index (χ3n) is 4.21. The maximum absolute atomic E-state index is 12.3. The van der Waals surface area contributed by atoms with Crippen LogP contribution >= 0.6 is 11.6 Å². The highest BCUT2D eigenvalue weighted by molar-refractivity contribution is 6.31. The summed E-state index contributed by atoms with van der Waals surface area (Å²) in [7, 11) is 0. The first kappa shape index (κ1) is 18.1. The lowest BCUT2D eigenvalue weighted by atomic mass is 10.0. The molecule has 1 aromatic carbocycles. The van der Waals surface area contributed by atoms with Crippen molar-refractivity contribution in [3.8, 4) is 11.3 Å². The van der Waals surface area contributed by atoms with Gasteiger partial charge in [0.05, 0.1) is 12.2 Å². The SMILES string of the molecule is CCOC(=O)C1=C(C)NC(=O)N[C@H]1c1ccc(-c2cccc(Cl)c2C)o1. The minimum absolute atomic E-state index is 0.237. The van der Waals surface area contributed by atoms with Crippen molar-refractivity contribution >= 4 is 23.6 Å².